The molecule has 0 unspecified atom stereocenters. The van der Waals surface area contributed by atoms with E-state index in [4.69, 9.17) is 0 Å². The van der Waals surface area contributed by atoms with Crippen LogP contribution >= 0.6 is 0 Å². The Hall–Kier alpha value is -1.75. The molecule has 2 heterocycles. The fourth-order valence-corrected chi connectivity index (χ4v) is 3.94. The second kappa shape index (κ2) is 5.22. The molecule has 2 aromatic rings. The van der Waals surface area contributed by atoms with Gasteiger partial charge in [-0.2, -0.15) is 4.68 Å². The number of rotatable bonds is 4. The number of para-hydroxylation sites is 1. The molecule has 5 nitrogen and oxygen atoms in total. The van der Waals surface area contributed by atoms with Crippen molar-refractivity contribution in [3.8, 4) is 5.69 Å². The molecule has 21 heavy (non-hydrogen) atoms. The largest absolute Gasteiger partial charge is 0.315 e. The zero-order valence-corrected chi connectivity index (χ0v) is 12.2. The summed E-state index contributed by atoms with van der Waals surface area (Å²) in [7, 11) is 0. The SMILES string of the molecule is c1ccc(-n2nnnc2CC2(C3CCCC3)CNC2)cc1. The van der Waals surface area contributed by atoms with Crippen LogP contribution < -0.4 is 5.32 Å². The van der Waals surface area contributed by atoms with Crippen LogP contribution in [0.25, 0.3) is 5.69 Å². The van der Waals surface area contributed by atoms with Crippen LogP contribution in [0.15, 0.2) is 30.3 Å². The minimum atomic E-state index is 0.373. The third kappa shape index (κ3) is 2.25. The highest BCUT2D eigenvalue weighted by molar-refractivity contribution is 5.30. The van der Waals surface area contributed by atoms with Crippen molar-refractivity contribution in [2.24, 2.45) is 11.3 Å². The van der Waals surface area contributed by atoms with Crippen molar-refractivity contribution in [3.05, 3.63) is 36.2 Å². The number of nitrogens with one attached hydrogen (secondary N) is 1. The number of nitrogens with zero attached hydrogens (tertiary/aromatic N) is 4. The van der Waals surface area contributed by atoms with Crippen LogP contribution in [-0.2, 0) is 6.42 Å². The molecule has 1 aromatic carbocycles. The van der Waals surface area contributed by atoms with Crippen molar-refractivity contribution in [1.82, 2.24) is 25.5 Å². The van der Waals surface area contributed by atoms with Crippen LogP contribution in [0.3, 0.4) is 0 Å². The van der Waals surface area contributed by atoms with Crippen molar-refractivity contribution >= 4 is 0 Å². The van der Waals surface area contributed by atoms with E-state index in [1.54, 1.807) is 0 Å². The summed E-state index contributed by atoms with van der Waals surface area (Å²) in [6.45, 7) is 2.22. The lowest BCUT2D eigenvalue weighted by molar-refractivity contribution is 0.0779. The van der Waals surface area contributed by atoms with E-state index in [2.05, 4.69) is 33.0 Å². The predicted molar refractivity (Wildman–Crippen MR) is 80.1 cm³/mol. The monoisotopic (exact) mass is 283 g/mol. The number of aromatic nitrogens is 4. The topological polar surface area (TPSA) is 55.6 Å². The Morgan fingerprint density at radius 1 is 1.14 bits per heavy atom. The van der Waals surface area contributed by atoms with Gasteiger partial charge < -0.3 is 5.32 Å². The first-order chi connectivity index (χ1) is 10.4. The van der Waals surface area contributed by atoms with Crippen molar-refractivity contribution in [2.75, 3.05) is 13.1 Å². The smallest absolute Gasteiger partial charge is 0.157 e. The molecule has 5 heteroatoms. The zero-order chi connectivity index (χ0) is 14.1. The molecule has 1 saturated heterocycles. The number of hydrogen-bond acceptors (Lipinski definition) is 4. The molecule has 2 aliphatic rings. The Labute approximate surface area is 124 Å². The van der Waals surface area contributed by atoms with Crippen LogP contribution in [-0.4, -0.2) is 33.3 Å². The molecule has 1 aliphatic heterocycles. The lowest BCUT2D eigenvalue weighted by atomic mass is 9.67. The molecule has 1 N–H and O–H groups in total. The summed E-state index contributed by atoms with van der Waals surface area (Å²) in [6, 6.07) is 10.2. The maximum absolute atomic E-state index is 4.30. The van der Waals surface area contributed by atoms with Gasteiger partial charge in [0.25, 0.3) is 0 Å². The Kier molecular flexibility index (Phi) is 3.22. The van der Waals surface area contributed by atoms with E-state index in [0.29, 0.717) is 5.41 Å². The number of tetrazole rings is 1. The van der Waals surface area contributed by atoms with Crippen LogP contribution in [0.2, 0.25) is 0 Å². The molecule has 0 amide bonds. The van der Waals surface area contributed by atoms with Gasteiger partial charge in [-0.25, -0.2) is 0 Å². The summed E-state index contributed by atoms with van der Waals surface area (Å²) in [6.07, 6.45) is 6.49. The van der Waals surface area contributed by atoms with Gasteiger partial charge in [-0.05, 0) is 41.3 Å². The third-order valence-corrected chi connectivity index (χ3v) is 5.22. The number of hydrogen-bond donors (Lipinski definition) is 1. The van der Waals surface area contributed by atoms with Gasteiger partial charge in [0.05, 0.1) is 5.69 Å². The molecule has 1 aromatic heterocycles. The quantitative estimate of drug-likeness (QED) is 0.932. The van der Waals surface area contributed by atoms with Crippen molar-refractivity contribution < 1.29 is 0 Å². The second-order valence-electron chi connectivity index (χ2n) is 6.47. The first-order valence-electron chi connectivity index (χ1n) is 7.91. The van der Waals surface area contributed by atoms with Gasteiger partial charge in [0, 0.05) is 24.9 Å². The van der Waals surface area contributed by atoms with E-state index >= 15 is 0 Å². The van der Waals surface area contributed by atoms with E-state index in [1.165, 1.54) is 25.7 Å². The van der Waals surface area contributed by atoms with E-state index in [9.17, 15) is 0 Å². The molecule has 4 rings (SSSR count). The van der Waals surface area contributed by atoms with Crippen molar-refractivity contribution in [3.63, 3.8) is 0 Å². The summed E-state index contributed by atoms with van der Waals surface area (Å²) < 4.78 is 1.90. The van der Waals surface area contributed by atoms with Crippen LogP contribution in [0, 0.1) is 11.3 Å². The number of benzene rings is 1. The molecule has 0 spiro atoms. The fraction of sp³-hybridized carbons (Fsp3) is 0.562. The standard InChI is InChI=1S/C16H21N5/c1-2-8-14(9-3-1)21-15(18-19-20-21)10-16(11-17-12-16)13-6-4-5-7-13/h1-3,8-9,13,17H,4-7,10-12H2. The Morgan fingerprint density at radius 3 is 2.57 bits per heavy atom. The normalized spacial score (nSPS) is 21.3. The Balaban J connectivity index is 1.61. The Morgan fingerprint density at radius 2 is 1.90 bits per heavy atom. The average molecular weight is 283 g/mol. The van der Waals surface area contributed by atoms with Crippen LogP contribution in [0.1, 0.15) is 31.5 Å². The van der Waals surface area contributed by atoms with Gasteiger partial charge in [-0.1, -0.05) is 31.0 Å². The lowest BCUT2D eigenvalue weighted by Crippen LogP contribution is -2.58. The minimum absolute atomic E-state index is 0.373. The van der Waals surface area contributed by atoms with E-state index < -0.39 is 0 Å². The molecule has 1 saturated carbocycles. The lowest BCUT2D eigenvalue weighted by Gasteiger charge is -2.47. The summed E-state index contributed by atoms with van der Waals surface area (Å²) >= 11 is 0. The van der Waals surface area contributed by atoms with E-state index in [-0.39, 0.29) is 0 Å². The molecule has 1 aliphatic carbocycles. The molecule has 0 atom stereocenters. The van der Waals surface area contributed by atoms with Crippen molar-refractivity contribution in [2.45, 2.75) is 32.1 Å². The first kappa shape index (κ1) is 13.0. The third-order valence-electron chi connectivity index (χ3n) is 5.22. The molecule has 110 valence electrons. The highest BCUT2D eigenvalue weighted by Gasteiger charge is 2.45. The van der Waals surface area contributed by atoms with Crippen LogP contribution in [0.4, 0.5) is 0 Å². The van der Waals surface area contributed by atoms with Gasteiger partial charge in [0.15, 0.2) is 5.82 Å². The second-order valence-corrected chi connectivity index (χ2v) is 6.47. The van der Waals surface area contributed by atoms with Gasteiger partial charge in [-0.15, -0.1) is 5.10 Å². The average Bonchev–Trinajstić information content (AvgIpc) is 3.15. The maximum atomic E-state index is 4.30. The molecular weight excluding hydrogens is 262 g/mol. The van der Waals surface area contributed by atoms with E-state index in [1.807, 2.05) is 22.9 Å². The molecular formula is C16H21N5. The maximum Gasteiger partial charge on any atom is 0.157 e. The predicted octanol–water partition coefficient (Wildman–Crippen LogP) is 1.98. The fourth-order valence-electron chi connectivity index (χ4n) is 3.94. The van der Waals surface area contributed by atoms with Gasteiger partial charge >= 0.3 is 0 Å². The highest BCUT2D eigenvalue weighted by Crippen LogP contribution is 2.44. The Bertz CT molecular complexity index is 596. The van der Waals surface area contributed by atoms with Crippen LogP contribution in [0.5, 0.6) is 0 Å². The molecule has 2 fully saturated rings. The molecule has 0 bridgehead atoms. The zero-order valence-electron chi connectivity index (χ0n) is 12.2. The summed E-state index contributed by atoms with van der Waals surface area (Å²) in [5.41, 5.74) is 1.42. The van der Waals surface area contributed by atoms with Gasteiger partial charge in [-0.3, -0.25) is 0 Å². The minimum Gasteiger partial charge on any atom is -0.315 e. The van der Waals surface area contributed by atoms with Crippen molar-refractivity contribution in [1.29, 1.82) is 0 Å². The van der Waals surface area contributed by atoms with E-state index in [0.717, 1.165) is 36.9 Å². The summed E-state index contributed by atoms with van der Waals surface area (Å²) in [4.78, 5) is 0. The molecule has 0 radical (unpaired) electrons. The van der Waals surface area contributed by atoms with Gasteiger partial charge in [0.2, 0.25) is 0 Å². The summed E-state index contributed by atoms with van der Waals surface area (Å²) in [5, 5.41) is 15.9. The highest BCUT2D eigenvalue weighted by atomic mass is 15.5. The summed E-state index contributed by atoms with van der Waals surface area (Å²) in [5.74, 6) is 1.83. The van der Waals surface area contributed by atoms with Gasteiger partial charge in [0.1, 0.15) is 0 Å². The first-order valence-corrected chi connectivity index (χ1v) is 7.91.